The molecular formula is C28H43N3O4. The highest BCUT2D eigenvalue weighted by Gasteiger charge is 2.43. The largest absolute Gasteiger partial charge is 0.444 e. The number of carbonyl (C=O) groups excluding carboxylic acids is 3. The van der Waals surface area contributed by atoms with Crippen molar-refractivity contribution in [3.05, 3.63) is 42.0 Å². The van der Waals surface area contributed by atoms with Gasteiger partial charge < -0.3 is 20.3 Å². The minimum Gasteiger partial charge on any atom is -0.444 e. The number of rotatable bonds is 10. The Morgan fingerprint density at radius 3 is 2.31 bits per heavy atom. The van der Waals surface area contributed by atoms with Gasteiger partial charge in [-0.05, 0) is 77.0 Å². The van der Waals surface area contributed by atoms with Gasteiger partial charge in [-0.1, -0.05) is 51.1 Å². The molecule has 3 unspecified atom stereocenters. The Kier molecular flexibility index (Phi) is 9.92. The van der Waals surface area contributed by atoms with Gasteiger partial charge in [0, 0.05) is 12.1 Å². The van der Waals surface area contributed by atoms with Crippen LogP contribution >= 0.6 is 0 Å². The fraction of sp³-hybridized carbons (Fsp3) is 0.607. The molecule has 0 heterocycles. The first kappa shape index (κ1) is 28.4. The number of amides is 3. The van der Waals surface area contributed by atoms with Crippen molar-refractivity contribution in [2.75, 3.05) is 0 Å². The van der Waals surface area contributed by atoms with Crippen LogP contribution in [-0.2, 0) is 14.3 Å². The topological polar surface area (TPSA) is 87.7 Å². The molecule has 2 rings (SSSR count). The zero-order valence-electron chi connectivity index (χ0n) is 22.4. The standard InChI is InChI=1S/C28H43N3O4/c1-9-19(5)23(30-27(34)35-28(6,7)8)26(33)31(22-15-12-16-22)24(25(32)29-18(3)4)21-14-11-13-20(10-2)17-21/h10-11,13-14,17-19,22-24H,2,9,12,15-16H2,1,3-8H3,(H,29,32)(H,30,34). The number of nitrogens with zero attached hydrogens (tertiary/aromatic N) is 1. The van der Waals surface area contributed by atoms with Gasteiger partial charge >= 0.3 is 6.09 Å². The minimum atomic E-state index is -0.818. The monoisotopic (exact) mass is 485 g/mol. The van der Waals surface area contributed by atoms with Crippen LogP contribution in [0.2, 0.25) is 0 Å². The van der Waals surface area contributed by atoms with E-state index in [0.29, 0.717) is 6.42 Å². The number of alkyl carbamates (subject to hydrolysis) is 1. The maximum atomic E-state index is 14.2. The van der Waals surface area contributed by atoms with Gasteiger partial charge in [0.05, 0.1) is 0 Å². The third-order valence-electron chi connectivity index (χ3n) is 6.29. The van der Waals surface area contributed by atoms with Crippen LogP contribution in [0.15, 0.2) is 30.8 Å². The Bertz CT molecular complexity index is 902. The Labute approximate surface area is 210 Å². The molecule has 194 valence electrons. The molecule has 1 aromatic carbocycles. The smallest absolute Gasteiger partial charge is 0.408 e. The molecule has 3 atom stereocenters. The normalized spacial score (nSPS) is 16.5. The van der Waals surface area contributed by atoms with Crippen molar-refractivity contribution in [1.82, 2.24) is 15.5 Å². The second-order valence-corrected chi connectivity index (χ2v) is 10.8. The molecule has 7 nitrogen and oxygen atoms in total. The predicted molar refractivity (Wildman–Crippen MR) is 140 cm³/mol. The average Bonchev–Trinajstić information content (AvgIpc) is 2.73. The summed E-state index contributed by atoms with van der Waals surface area (Å²) >= 11 is 0. The zero-order valence-corrected chi connectivity index (χ0v) is 22.4. The minimum absolute atomic E-state index is 0.0789. The SMILES string of the molecule is C=Cc1cccc(C(C(=O)NC(C)C)N(C(=O)C(NC(=O)OC(C)(C)C)C(C)CC)C2CCC2)c1. The van der Waals surface area contributed by atoms with Crippen LogP contribution in [0.3, 0.4) is 0 Å². The number of hydrogen-bond acceptors (Lipinski definition) is 4. The van der Waals surface area contributed by atoms with Gasteiger partial charge in [-0.3, -0.25) is 9.59 Å². The first-order chi connectivity index (χ1) is 16.4. The van der Waals surface area contributed by atoms with Gasteiger partial charge in [0.2, 0.25) is 11.8 Å². The van der Waals surface area contributed by atoms with E-state index in [1.165, 1.54) is 0 Å². The summed E-state index contributed by atoms with van der Waals surface area (Å²) in [7, 11) is 0. The van der Waals surface area contributed by atoms with E-state index >= 15 is 0 Å². The Balaban J connectivity index is 2.53. The van der Waals surface area contributed by atoms with Gasteiger partial charge in [0.1, 0.15) is 17.7 Å². The van der Waals surface area contributed by atoms with Gasteiger partial charge in [-0.25, -0.2) is 4.79 Å². The molecule has 7 heteroatoms. The van der Waals surface area contributed by atoms with E-state index in [2.05, 4.69) is 17.2 Å². The van der Waals surface area contributed by atoms with Crippen molar-refractivity contribution >= 4 is 24.0 Å². The van der Waals surface area contributed by atoms with E-state index in [0.717, 1.165) is 30.4 Å². The second kappa shape index (κ2) is 12.2. The van der Waals surface area contributed by atoms with Crippen LogP contribution in [0.25, 0.3) is 6.08 Å². The Morgan fingerprint density at radius 2 is 1.83 bits per heavy atom. The third-order valence-corrected chi connectivity index (χ3v) is 6.29. The van der Waals surface area contributed by atoms with Crippen molar-refractivity contribution in [3.63, 3.8) is 0 Å². The van der Waals surface area contributed by atoms with Crippen molar-refractivity contribution in [3.8, 4) is 0 Å². The lowest BCUT2D eigenvalue weighted by atomic mass is 9.86. The van der Waals surface area contributed by atoms with Crippen molar-refractivity contribution in [2.45, 2.75) is 104 Å². The van der Waals surface area contributed by atoms with Crippen LogP contribution in [0, 0.1) is 5.92 Å². The number of ether oxygens (including phenoxy) is 1. The van der Waals surface area contributed by atoms with Crippen LogP contribution in [0.4, 0.5) is 4.79 Å². The second-order valence-electron chi connectivity index (χ2n) is 10.8. The Hall–Kier alpha value is -2.83. The molecule has 0 radical (unpaired) electrons. The first-order valence-electron chi connectivity index (χ1n) is 12.7. The summed E-state index contributed by atoms with van der Waals surface area (Å²) in [4.78, 5) is 42.2. The highest BCUT2D eigenvalue weighted by molar-refractivity contribution is 5.92. The van der Waals surface area contributed by atoms with Gasteiger partial charge in [-0.2, -0.15) is 0 Å². The lowest BCUT2D eigenvalue weighted by Crippen LogP contribution is -2.59. The summed E-state index contributed by atoms with van der Waals surface area (Å²) in [6.07, 6.45) is 4.40. The summed E-state index contributed by atoms with van der Waals surface area (Å²) in [6, 6.07) is 5.76. The van der Waals surface area contributed by atoms with Crippen LogP contribution < -0.4 is 10.6 Å². The van der Waals surface area contributed by atoms with Crippen molar-refractivity contribution in [1.29, 1.82) is 0 Å². The number of hydrogen-bond donors (Lipinski definition) is 2. The van der Waals surface area contributed by atoms with Gasteiger partial charge in [-0.15, -0.1) is 0 Å². The van der Waals surface area contributed by atoms with Gasteiger partial charge in [0.15, 0.2) is 0 Å². The highest BCUT2D eigenvalue weighted by Crippen LogP contribution is 2.35. The molecule has 0 spiro atoms. The van der Waals surface area contributed by atoms with E-state index in [1.807, 2.05) is 52.0 Å². The molecule has 1 aliphatic carbocycles. The van der Waals surface area contributed by atoms with E-state index in [-0.39, 0.29) is 29.8 Å². The van der Waals surface area contributed by atoms with Crippen LogP contribution in [0.5, 0.6) is 0 Å². The van der Waals surface area contributed by atoms with E-state index < -0.39 is 23.8 Å². The summed E-state index contributed by atoms with van der Waals surface area (Å²) in [5.74, 6) is -0.643. The van der Waals surface area contributed by atoms with Gasteiger partial charge in [0.25, 0.3) is 0 Å². The maximum Gasteiger partial charge on any atom is 0.408 e. The summed E-state index contributed by atoms with van der Waals surface area (Å²) in [6.45, 7) is 16.9. The molecule has 35 heavy (non-hydrogen) atoms. The highest BCUT2D eigenvalue weighted by atomic mass is 16.6. The van der Waals surface area contributed by atoms with E-state index in [1.54, 1.807) is 31.7 Å². The molecule has 1 saturated carbocycles. The summed E-state index contributed by atoms with van der Waals surface area (Å²) in [5, 5.41) is 5.82. The van der Waals surface area contributed by atoms with Crippen molar-refractivity contribution in [2.24, 2.45) is 5.92 Å². The third kappa shape index (κ3) is 7.84. The first-order valence-corrected chi connectivity index (χ1v) is 12.7. The summed E-state index contributed by atoms with van der Waals surface area (Å²) < 4.78 is 5.46. The van der Waals surface area contributed by atoms with Crippen LogP contribution in [-0.4, -0.2) is 46.5 Å². The molecule has 1 fully saturated rings. The number of benzene rings is 1. The molecule has 2 N–H and O–H groups in total. The number of carbonyl (C=O) groups is 3. The van der Waals surface area contributed by atoms with E-state index in [4.69, 9.17) is 4.74 Å². The molecule has 1 aliphatic rings. The molecular weight excluding hydrogens is 442 g/mol. The summed E-state index contributed by atoms with van der Waals surface area (Å²) in [5.41, 5.74) is 0.906. The fourth-order valence-electron chi connectivity index (χ4n) is 4.12. The predicted octanol–water partition coefficient (Wildman–Crippen LogP) is 5.22. The zero-order chi connectivity index (χ0) is 26.3. The van der Waals surface area contributed by atoms with Crippen molar-refractivity contribution < 1.29 is 19.1 Å². The molecule has 0 saturated heterocycles. The van der Waals surface area contributed by atoms with E-state index in [9.17, 15) is 14.4 Å². The van der Waals surface area contributed by atoms with Crippen LogP contribution in [0.1, 0.15) is 91.3 Å². The lowest BCUT2D eigenvalue weighted by Gasteiger charge is -2.44. The Morgan fingerprint density at radius 1 is 1.17 bits per heavy atom. The molecule has 3 amide bonds. The maximum absolute atomic E-state index is 14.2. The molecule has 0 bridgehead atoms. The lowest BCUT2D eigenvalue weighted by molar-refractivity contribution is -0.148. The number of nitrogens with one attached hydrogen (secondary N) is 2. The fourth-order valence-corrected chi connectivity index (χ4v) is 4.12. The quantitative estimate of drug-likeness (QED) is 0.476. The molecule has 0 aromatic heterocycles. The molecule has 1 aromatic rings. The molecule has 0 aliphatic heterocycles. The average molecular weight is 486 g/mol.